The van der Waals surface area contributed by atoms with Gasteiger partial charge in [-0.1, -0.05) is 40.0 Å². The minimum atomic E-state index is 0.303. The first kappa shape index (κ1) is 14.1. The van der Waals surface area contributed by atoms with Gasteiger partial charge in [-0.2, -0.15) is 0 Å². The Bertz CT molecular complexity index is 417. The zero-order valence-corrected chi connectivity index (χ0v) is 12.3. The summed E-state index contributed by atoms with van der Waals surface area (Å²) in [5.41, 5.74) is 5.88. The quantitative estimate of drug-likeness (QED) is 0.870. The summed E-state index contributed by atoms with van der Waals surface area (Å²) in [7, 11) is 0. The van der Waals surface area contributed by atoms with Crippen LogP contribution in [-0.4, -0.2) is 16.0 Å². The maximum atomic E-state index is 5.88. The lowest BCUT2D eigenvalue weighted by atomic mass is 9.83. The molecule has 3 N–H and O–H groups in total. The summed E-state index contributed by atoms with van der Waals surface area (Å²) in [5.74, 6) is 3.34. The van der Waals surface area contributed by atoms with Gasteiger partial charge in [-0.05, 0) is 18.8 Å². The van der Waals surface area contributed by atoms with Gasteiger partial charge in [0.25, 0.3) is 0 Å². The van der Waals surface area contributed by atoms with E-state index in [-0.39, 0.29) is 0 Å². The molecule has 4 nitrogen and oxygen atoms in total. The third-order valence-electron chi connectivity index (χ3n) is 4.05. The number of nitrogen functional groups attached to an aromatic ring is 1. The van der Waals surface area contributed by atoms with Crippen LogP contribution in [-0.2, 0) is 0 Å². The van der Waals surface area contributed by atoms with Crippen LogP contribution in [0.25, 0.3) is 0 Å². The van der Waals surface area contributed by atoms with Crippen molar-refractivity contribution in [1.82, 2.24) is 9.97 Å². The molecule has 2 atom stereocenters. The van der Waals surface area contributed by atoms with Gasteiger partial charge in [-0.3, -0.25) is 0 Å². The highest BCUT2D eigenvalue weighted by Crippen LogP contribution is 2.29. The molecular weight excluding hydrogens is 236 g/mol. The molecule has 2 rings (SSSR count). The number of nitrogens with two attached hydrogens (primary N) is 1. The standard InChI is InChI=1S/C15H26N4/c1-4-11-7-5-6-8-12(11)17-14-9-13(16)18-15(19-14)10(2)3/h9-12H,4-8H2,1-3H3,(H3,16,17,18,19). The molecule has 0 amide bonds. The van der Waals surface area contributed by atoms with Gasteiger partial charge in [0.15, 0.2) is 0 Å². The summed E-state index contributed by atoms with van der Waals surface area (Å²) < 4.78 is 0. The molecule has 19 heavy (non-hydrogen) atoms. The van der Waals surface area contributed by atoms with Crippen LogP contribution in [0.2, 0.25) is 0 Å². The first-order valence-corrected chi connectivity index (χ1v) is 7.51. The maximum Gasteiger partial charge on any atom is 0.135 e. The Morgan fingerprint density at radius 3 is 2.74 bits per heavy atom. The predicted molar refractivity (Wildman–Crippen MR) is 80.2 cm³/mol. The van der Waals surface area contributed by atoms with Crippen molar-refractivity contribution in [2.24, 2.45) is 5.92 Å². The molecule has 0 spiro atoms. The van der Waals surface area contributed by atoms with E-state index in [4.69, 9.17) is 5.73 Å². The van der Waals surface area contributed by atoms with Gasteiger partial charge in [0.1, 0.15) is 17.5 Å². The molecule has 1 aliphatic carbocycles. The van der Waals surface area contributed by atoms with E-state index in [0.29, 0.717) is 17.8 Å². The second-order valence-electron chi connectivity index (χ2n) is 5.89. The smallest absolute Gasteiger partial charge is 0.135 e. The predicted octanol–water partition coefficient (Wildman–Crippen LogP) is 3.56. The van der Waals surface area contributed by atoms with E-state index in [1.807, 2.05) is 6.07 Å². The van der Waals surface area contributed by atoms with Crippen LogP contribution in [0.15, 0.2) is 6.07 Å². The van der Waals surface area contributed by atoms with Crippen LogP contribution >= 0.6 is 0 Å². The average molecular weight is 262 g/mol. The molecule has 0 aliphatic heterocycles. The molecule has 0 saturated heterocycles. The Hall–Kier alpha value is -1.32. The third-order valence-corrected chi connectivity index (χ3v) is 4.05. The number of nitrogens with one attached hydrogen (secondary N) is 1. The fourth-order valence-corrected chi connectivity index (χ4v) is 2.89. The van der Waals surface area contributed by atoms with Gasteiger partial charge in [-0.15, -0.1) is 0 Å². The second kappa shape index (κ2) is 6.22. The molecule has 1 aromatic heterocycles. The van der Waals surface area contributed by atoms with Gasteiger partial charge in [0, 0.05) is 18.0 Å². The van der Waals surface area contributed by atoms with E-state index in [9.17, 15) is 0 Å². The molecule has 1 aliphatic rings. The minimum Gasteiger partial charge on any atom is -0.384 e. The zero-order chi connectivity index (χ0) is 13.8. The van der Waals surface area contributed by atoms with Crippen molar-refractivity contribution >= 4 is 11.6 Å². The van der Waals surface area contributed by atoms with Gasteiger partial charge in [-0.25, -0.2) is 9.97 Å². The highest BCUT2D eigenvalue weighted by atomic mass is 15.1. The topological polar surface area (TPSA) is 63.8 Å². The summed E-state index contributed by atoms with van der Waals surface area (Å²) in [5, 5.41) is 3.59. The Morgan fingerprint density at radius 2 is 2.05 bits per heavy atom. The summed E-state index contributed by atoms with van der Waals surface area (Å²) in [4.78, 5) is 8.89. The molecule has 1 saturated carbocycles. The molecule has 2 unspecified atom stereocenters. The number of aromatic nitrogens is 2. The monoisotopic (exact) mass is 262 g/mol. The minimum absolute atomic E-state index is 0.303. The Labute approximate surface area is 116 Å². The zero-order valence-electron chi connectivity index (χ0n) is 12.3. The molecule has 4 heteroatoms. The van der Waals surface area contributed by atoms with E-state index in [1.165, 1.54) is 32.1 Å². The molecule has 0 aromatic carbocycles. The Balaban J connectivity index is 2.13. The molecule has 0 radical (unpaired) electrons. The maximum absolute atomic E-state index is 5.88. The molecular formula is C15H26N4. The third kappa shape index (κ3) is 3.58. The summed E-state index contributed by atoms with van der Waals surface area (Å²) in [6.45, 7) is 6.46. The summed E-state index contributed by atoms with van der Waals surface area (Å²) in [6.07, 6.45) is 6.46. The van der Waals surface area contributed by atoms with Crippen LogP contribution in [0.4, 0.5) is 11.6 Å². The van der Waals surface area contributed by atoms with Crippen molar-refractivity contribution in [2.75, 3.05) is 11.1 Å². The number of hydrogen-bond acceptors (Lipinski definition) is 4. The van der Waals surface area contributed by atoms with Gasteiger partial charge in [0.05, 0.1) is 0 Å². The molecule has 1 heterocycles. The lowest BCUT2D eigenvalue weighted by molar-refractivity contribution is 0.316. The molecule has 106 valence electrons. The summed E-state index contributed by atoms with van der Waals surface area (Å²) in [6, 6.07) is 2.39. The van der Waals surface area contributed by atoms with Gasteiger partial charge in [0.2, 0.25) is 0 Å². The lowest BCUT2D eigenvalue weighted by Crippen LogP contribution is -2.32. The fraction of sp³-hybridized carbons (Fsp3) is 0.733. The number of nitrogens with zero attached hydrogens (tertiary/aromatic N) is 2. The van der Waals surface area contributed by atoms with Gasteiger partial charge >= 0.3 is 0 Å². The van der Waals surface area contributed by atoms with Crippen molar-refractivity contribution in [1.29, 1.82) is 0 Å². The van der Waals surface area contributed by atoms with E-state index < -0.39 is 0 Å². The lowest BCUT2D eigenvalue weighted by Gasteiger charge is -2.32. The van der Waals surface area contributed by atoms with E-state index in [2.05, 4.69) is 36.1 Å². The number of hydrogen-bond donors (Lipinski definition) is 2. The highest BCUT2D eigenvalue weighted by Gasteiger charge is 2.24. The molecule has 1 aromatic rings. The van der Waals surface area contributed by atoms with Crippen LogP contribution < -0.4 is 11.1 Å². The first-order valence-electron chi connectivity index (χ1n) is 7.51. The van der Waals surface area contributed by atoms with Crippen LogP contribution in [0, 0.1) is 5.92 Å². The van der Waals surface area contributed by atoms with Crippen molar-refractivity contribution < 1.29 is 0 Å². The summed E-state index contributed by atoms with van der Waals surface area (Å²) >= 11 is 0. The van der Waals surface area contributed by atoms with Crippen molar-refractivity contribution in [3.05, 3.63) is 11.9 Å². The van der Waals surface area contributed by atoms with Crippen molar-refractivity contribution in [2.45, 2.75) is 64.8 Å². The van der Waals surface area contributed by atoms with E-state index >= 15 is 0 Å². The molecule has 1 fully saturated rings. The van der Waals surface area contributed by atoms with E-state index in [0.717, 1.165) is 17.6 Å². The molecule has 0 bridgehead atoms. The highest BCUT2D eigenvalue weighted by molar-refractivity contribution is 5.45. The average Bonchev–Trinajstić information content (AvgIpc) is 2.38. The van der Waals surface area contributed by atoms with Gasteiger partial charge < -0.3 is 11.1 Å². The van der Waals surface area contributed by atoms with Crippen LogP contribution in [0.1, 0.15) is 64.6 Å². The number of anilines is 2. The Morgan fingerprint density at radius 1 is 1.32 bits per heavy atom. The normalized spacial score (nSPS) is 23.6. The second-order valence-corrected chi connectivity index (χ2v) is 5.89. The largest absolute Gasteiger partial charge is 0.384 e. The number of rotatable bonds is 4. The van der Waals surface area contributed by atoms with Crippen molar-refractivity contribution in [3.8, 4) is 0 Å². The van der Waals surface area contributed by atoms with Crippen LogP contribution in [0.5, 0.6) is 0 Å². The van der Waals surface area contributed by atoms with Crippen LogP contribution in [0.3, 0.4) is 0 Å². The Kier molecular flexibility index (Phi) is 4.61. The van der Waals surface area contributed by atoms with Crippen molar-refractivity contribution in [3.63, 3.8) is 0 Å². The first-order chi connectivity index (χ1) is 9.10. The fourth-order valence-electron chi connectivity index (χ4n) is 2.89. The SMILES string of the molecule is CCC1CCCCC1Nc1cc(N)nc(C(C)C)n1. The van der Waals surface area contributed by atoms with E-state index in [1.54, 1.807) is 0 Å².